The Bertz CT molecular complexity index is 2640. The normalized spacial score (nSPS) is 11.1. The molecule has 5 heteroatoms. The summed E-state index contributed by atoms with van der Waals surface area (Å²) in [5, 5.41) is 2.20. The van der Waals surface area contributed by atoms with Gasteiger partial charge < -0.3 is 0 Å². The minimum absolute atomic E-state index is 0.632. The van der Waals surface area contributed by atoms with Crippen LogP contribution in [0.15, 0.2) is 188 Å². The molecule has 244 valence electrons. The molecule has 9 aromatic rings. The lowest BCUT2D eigenvalue weighted by atomic mass is 9.93. The zero-order valence-corrected chi connectivity index (χ0v) is 28.1. The molecule has 0 aliphatic carbocycles. The Morgan fingerprint density at radius 2 is 0.827 bits per heavy atom. The van der Waals surface area contributed by atoms with E-state index in [1.54, 1.807) is 6.20 Å². The smallest absolute Gasteiger partial charge is 0.164 e. The van der Waals surface area contributed by atoms with Crippen LogP contribution in [-0.2, 0) is 0 Å². The second-order valence-corrected chi connectivity index (χ2v) is 12.5. The third-order valence-electron chi connectivity index (χ3n) is 9.28. The molecule has 0 N–H and O–H groups in total. The number of fused-ring (bicyclic) bond motifs is 1. The van der Waals surface area contributed by atoms with Crippen LogP contribution in [0.5, 0.6) is 0 Å². The summed E-state index contributed by atoms with van der Waals surface area (Å²) in [6, 6.07) is 60.3. The highest BCUT2D eigenvalue weighted by Crippen LogP contribution is 2.37. The highest BCUT2D eigenvalue weighted by atomic mass is 15.0. The number of hydrogen-bond acceptors (Lipinski definition) is 5. The molecule has 3 heterocycles. The molecule has 0 aliphatic heterocycles. The van der Waals surface area contributed by atoms with Crippen LogP contribution in [0.1, 0.15) is 0 Å². The Balaban J connectivity index is 1.10. The standard InChI is InChI=1S/C47H31N5/c1-3-12-32(13-4-1)36-16-11-17-37(30-36)46-50-45(35-14-5-2-6-15-35)51-47(52-46)42-27-26-39(40-18-7-8-19-41(40)42)34-23-21-33(22-24-34)38-25-28-44(49-31-38)43-20-9-10-29-48-43/h1-31H. The number of rotatable bonds is 7. The molecule has 0 saturated heterocycles. The van der Waals surface area contributed by atoms with E-state index in [4.69, 9.17) is 15.0 Å². The number of hydrogen-bond donors (Lipinski definition) is 0. The van der Waals surface area contributed by atoms with Crippen LogP contribution in [0.3, 0.4) is 0 Å². The predicted molar refractivity (Wildman–Crippen MR) is 211 cm³/mol. The number of pyridine rings is 2. The molecule has 0 atom stereocenters. The van der Waals surface area contributed by atoms with Crippen LogP contribution >= 0.6 is 0 Å². The summed E-state index contributed by atoms with van der Waals surface area (Å²) in [6.45, 7) is 0. The molecule has 9 rings (SSSR count). The van der Waals surface area contributed by atoms with Crippen molar-refractivity contribution in [3.8, 4) is 78.9 Å². The van der Waals surface area contributed by atoms with Gasteiger partial charge in [0.05, 0.1) is 11.4 Å². The van der Waals surface area contributed by atoms with Gasteiger partial charge in [0.15, 0.2) is 17.5 Å². The van der Waals surface area contributed by atoms with Crippen molar-refractivity contribution >= 4 is 10.8 Å². The summed E-state index contributed by atoms with van der Waals surface area (Å²) in [4.78, 5) is 24.3. The summed E-state index contributed by atoms with van der Waals surface area (Å²) in [5.41, 5.74) is 11.2. The molecule has 6 aromatic carbocycles. The van der Waals surface area contributed by atoms with E-state index >= 15 is 0 Å². The third kappa shape index (κ3) is 6.12. The number of nitrogens with zero attached hydrogens (tertiary/aromatic N) is 5. The zero-order valence-electron chi connectivity index (χ0n) is 28.1. The van der Waals surface area contributed by atoms with E-state index in [1.807, 2.05) is 66.9 Å². The van der Waals surface area contributed by atoms with Crippen LogP contribution in [0, 0.1) is 0 Å². The van der Waals surface area contributed by atoms with Gasteiger partial charge in [-0.05, 0) is 68.9 Å². The lowest BCUT2D eigenvalue weighted by Gasteiger charge is -2.14. The minimum atomic E-state index is 0.632. The van der Waals surface area contributed by atoms with Crippen molar-refractivity contribution in [3.05, 3.63) is 188 Å². The molecule has 0 spiro atoms. The van der Waals surface area contributed by atoms with Crippen molar-refractivity contribution in [1.82, 2.24) is 24.9 Å². The second-order valence-electron chi connectivity index (χ2n) is 12.5. The van der Waals surface area contributed by atoms with Gasteiger partial charge in [-0.3, -0.25) is 9.97 Å². The van der Waals surface area contributed by atoms with Crippen molar-refractivity contribution in [2.75, 3.05) is 0 Å². The molecule has 5 nitrogen and oxygen atoms in total. The van der Waals surface area contributed by atoms with Gasteiger partial charge in [0.1, 0.15) is 0 Å². The Morgan fingerprint density at radius 3 is 1.54 bits per heavy atom. The fourth-order valence-corrected chi connectivity index (χ4v) is 6.63. The van der Waals surface area contributed by atoms with Crippen LogP contribution in [-0.4, -0.2) is 24.9 Å². The number of benzene rings is 6. The summed E-state index contributed by atoms with van der Waals surface area (Å²) in [7, 11) is 0. The molecule has 0 radical (unpaired) electrons. The SMILES string of the molecule is c1ccc(-c2cccc(-c3nc(-c4ccccc4)nc(-c4ccc(-c5ccc(-c6ccc(-c7ccccn7)nc6)cc5)c5ccccc45)n3)c2)cc1. The van der Waals surface area contributed by atoms with E-state index in [2.05, 4.69) is 125 Å². The summed E-state index contributed by atoms with van der Waals surface area (Å²) in [5.74, 6) is 1.90. The minimum Gasteiger partial charge on any atom is -0.255 e. The molecule has 0 fully saturated rings. The predicted octanol–water partition coefficient (Wildman–Crippen LogP) is 11.5. The van der Waals surface area contributed by atoms with Crippen molar-refractivity contribution in [2.45, 2.75) is 0 Å². The van der Waals surface area contributed by atoms with E-state index < -0.39 is 0 Å². The Hall–Kier alpha value is -7.11. The fraction of sp³-hybridized carbons (Fsp3) is 0. The first kappa shape index (κ1) is 30.9. The first-order valence-corrected chi connectivity index (χ1v) is 17.2. The molecular weight excluding hydrogens is 635 g/mol. The third-order valence-corrected chi connectivity index (χ3v) is 9.28. The average Bonchev–Trinajstić information content (AvgIpc) is 3.24. The van der Waals surface area contributed by atoms with Gasteiger partial charge in [0, 0.05) is 34.6 Å². The van der Waals surface area contributed by atoms with E-state index in [-0.39, 0.29) is 0 Å². The highest BCUT2D eigenvalue weighted by Gasteiger charge is 2.16. The molecule has 0 aliphatic rings. The molecule has 3 aromatic heterocycles. The Kier molecular flexibility index (Phi) is 8.12. The summed E-state index contributed by atoms with van der Waals surface area (Å²) in [6.07, 6.45) is 3.70. The first-order chi connectivity index (χ1) is 25.8. The van der Waals surface area contributed by atoms with Crippen LogP contribution in [0.2, 0.25) is 0 Å². The molecule has 0 saturated carbocycles. The van der Waals surface area contributed by atoms with Crippen LogP contribution in [0.25, 0.3) is 89.7 Å². The zero-order chi connectivity index (χ0) is 34.7. The Labute approximate surface area is 302 Å². The van der Waals surface area contributed by atoms with Crippen molar-refractivity contribution in [1.29, 1.82) is 0 Å². The topological polar surface area (TPSA) is 64.5 Å². The monoisotopic (exact) mass is 665 g/mol. The van der Waals surface area contributed by atoms with Gasteiger partial charge in [0.2, 0.25) is 0 Å². The van der Waals surface area contributed by atoms with E-state index in [9.17, 15) is 0 Å². The van der Waals surface area contributed by atoms with Crippen molar-refractivity contribution in [3.63, 3.8) is 0 Å². The van der Waals surface area contributed by atoms with Crippen molar-refractivity contribution < 1.29 is 0 Å². The van der Waals surface area contributed by atoms with Gasteiger partial charge in [-0.25, -0.2) is 15.0 Å². The largest absolute Gasteiger partial charge is 0.255 e. The molecule has 0 bridgehead atoms. The van der Waals surface area contributed by atoms with Crippen LogP contribution < -0.4 is 0 Å². The fourth-order valence-electron chi connectivity index (χ4n) is 6.63. The maximum atomic E-state index is 5.13. The average molecular weight is 666 g/mol. The van der Waals surface area contributed by atoms with Gasteiger partial charge in [0.25, 0.3) is 0 Å². The van der Waals surface area contributed by atoms with Gasteiger partial charge in [-0.2, -0.15) is 0 Å². The quantitative estimate of drug-likeness (QED) is 0.169. The summed E-state index contributed by atoms with van der Waals surface area (Å²) >= 11 is 0. The van der Waals surface area contributed by atoms with Crippen molar-refractivity contribution in [2.24, 2.45) is 0 Å². The van der Waals surface area contributed by atoms with Crippen LogP contribution in [0.4, 0.5) is 0 Å². The first-order valence-electron chi connectivity index (χ1n) is 17.2. The maximum absolute atomic E-state index is 5.13. The second kappa shape index (κ2) is 13.7. The lowest BCUT2D eigenvalue weighted by molar-refractivity contribution is 1.08. The van der Waals surface area contributed by atoms with Gasteiger partial charge >= 0.3 is 0 Å². The lowest BCUT2D eigenvalue weighted by Crippen LogP contribution is -2.01. The molecule has 52 heavy (non-hydrogen) atoms. The molecular formula is C47H31N5. The Morgan fingerprint density at radius 1 is 0.288 bits per heavy atom. The molecule has 0 unspecified atom stereocenters. The maximum Gasteiger partial charge on any atom is 0.164 e. The van der Waals surface area contributed by atoms with Gasteiger partial charge in [-0.15, -0.1) is 0 Å². The molecule has 0 amide bonds. The summed E-state index contributed by atoms with van der Waals surface area (Å²) < 4.78 is 0. The highest BCUT2D eigenvalue weighted by molar-refractivity contribution is 6.04. The van der Waals surface area contributed by atoms with E-state index in [1.165, 1.54) is 0 Å². The number of aromatic nitrogens is 5. The van der Waals surface area contributed by atoms with Gasteiger partial charge in [-0.1, -0.05) is 146 Å². The van der Waals surface area contributed by atoms with E-state index in [0.29, 0.717) is 17.5 Å². The van der Waals surface area contributed by atoms with E-state index in [0.717, 1.165) is 72.2 Å².